The van der Waals surface area contributed by atoms with Gasteiger partial charge in [-0.2, -0.15) is 16.8 Å². The second-order valence-electron chi connectivity index (χ2n) is 3.13. The van der Waals surface area contributed by atoms with Crippen LogP contribution in [0.2, 0.25) is 0 Å². The van der Waals surface area contributed by atoms with E-state index in [0.717, 1.165) is 0 Å². The van der Waals surface area contributed by atoms with E-state index in [1.165, 1.54) is 0 Å². The fourth-order valence-corrected chi connectivity index (χ4v) is 3.12. The van der Waals surface area contributed by atoms with Crippen molar-refractivity contribution >= 4 is 32.2 Å². The number of hydrogen-bond acceptors (Lipinski definition) is 8. The van der Waals surface area contributed by atoms with Gasteiger partial charge in [-0.1, -0.05) is 0 Å². The van der Waals surface area contributed by atoms with Crippen LogP contribution in [0.1, 0.15) is 6.42 Å². The molecule has 0 atom stereocenters. The molecule has 4 N–H and O–H groups in total. The molecule has 0 unspecified atom stereocenters. The van der Waals surface area contributed by atoms with Gasteiger partial charge in [-0.15, -0.1) is 0 Å². The molecule has 0 saturated heterocycles. The lowest BCUT2D eigenvalue weighted by atomic mass is 10.3. The molecule has 0 aliphatic heterocycles. The number of aliphatic carboxylic acids is 1. The Labute approximate surface area is 107 Å². The van der Waals surface area contributed by atoms with Gasteiger partial charge in [-0.25, -0.2) is 4.79 Å². The molecule has 0 aromatic heterocycles. The SMILES string of the molecule is O=C(CC(C(=O)O)(S(=O)(=O)O)S(=O)(=O)O)OCCO. The van der Waals surface area contributed by atoms with Crippen LogP contribution in [0.3, 0.4) is 0 Å². The van der Waals surface area contributed by atoms with Gasteiger partial charge in [-0.3, -0.25) is 13.9 Å². The van der Waals surface area contributed by atoms with Crippen molar-refractivity contribution in [2.75, 3.05) is 13.2 Å². The summed E-state index contributed by atoms with van der Waals surface area (Å²) in [5.41, 5.74) is 0. The van der Waals surface area contributed by atoms with Gasteiger partial charge in [0, 0.05) is 0 Å². The van der Waals surface area contributed by atoms with Gasteiger partial charge < -0.3 is 14.9 Å². The predicted octanol–water partition coefficient (Wildman–Crippen LogP) is -2.53. The molecule has 0 saturated carbocycles. The first kappa shape index (κ1) is 17.7. The topological polar surface area (TPSA) is 193 Å². The molecule has 0 heterocycles. The summed E-state index contributed by atoms with van der Waals surface area (Å²) in [5, 5.41) is 16.9. The molecule has 0 aromatic rings. The Balaban J connectivity index is 5.81. The van der Waals surface area contributed by atoms with Gasteiger partial charge in [0.05, 0.1) is 13.0 Å². The van der Waals surface area contributed by atoms with Crippen molar-refractivity contribution in [3.8, 4) is 0 Å². The summed E-state index contributed by atoms with van der Waals surface area (Å²) in [4.78, 5) is 21.9. The summed E-state index contributed by atoms with van der Waals surface area (Å²) in [6.45, 7) is -1.35. The number of rotatable bonds is 7. The Morgan fingerprint density at radius 2 is 1.47 bits per heavy atom. The fraction of sp³-hybridized carbons (Fsp3) is 0.667. The van der Waals surface area contributed by atoms with Gasteiger partial charge in [-0.05, 0) is 0 Å². The van der Waals surface area contributed by atoms with E-state index in [0.29, 0.717) is 0 Å². The molecule has 0 bridgehead atoms. The normalized spacial score (nSPS) is 13.0. The van der Waals surface area contributed by atoms with Crippen molar-refractivity contribution in [2.24, 2.45) is 0 Å². The summed E-state index contributed by atoms with van der Waals surface area (Å²) in [5.74, 6) is -4.36. The first-order valence-corrected chi connectivity index (χ1v) is 7.22. The Hall–Kier alpha value is -1.28. The Morgan fingerprint density at radius 1 is 1.05 bits per heavy atom. The average molecular weight is 322 g/mol. The number of carboxylic acids is 1. The van der Waals surface area contributed by atoms with Crippen molar-refractivity contribution in [1.29, 1.82) is 0 Å². The molecule has 0 fully saturated rings. The van der Waals surface area contributed by atoms with E-state index >= 15 is 0 Å². The minimum Gasteiger partial charge on any atom is -0.479 e. The number of hydrogen-bond donors (Lipinski definition) is 4. The van der Waals surface area contributed by atoms with E-state index in [1.807, 2.05) is 0 Å². The van der Waals surface area contributed by atoms with Crippen LogP contribution in [0.4, 0.5) is 0 Å². The Kier molecular flexibility index (Phi) is 5.40. The predicted molar refractivity (Wildman–Crippen MR) is 56.1 cm³/mol. The number of carboxylic acid groups (broad SMARTS) is 1. The third-order valence-electron chi connectivity index (χ3n) is 1.89. The van der Waals surface area contributed by atoms with E-state index in [9.17, 15) is 26.4 Å². The maximum atomic E-state index is 11.1. The maximum absolute atomic E-state index is 11.1. The standard InChI is InChI=1S/C6H10O11S2/c7-1-2-17-4(8)3-6(5(9)10,18(11,12)13)19(14,15)16/h7H,1-3H2,(H,9,10)(H,11,12,13)(H,14,15,16). The largest absolute Gasteiger partial charge is 0.479 e. The molecule has 0 radical (unpaired) electrons. The van der Waals surface area contributed by atoms with Crippen LogP contribution < -0.4 is 0 Å². The van der Waals surface area contributed by atoms with Crippen molar-refractivity contribution in [2.45, 2.75) is 10.5 Å². The summed E-state index contributed by atoms with van der Waals surface area (Å²) in [7, 11) is -11.8. The lowest BCUT2D eigenvalue weighted by molar-refractivity contribution is -0.149. The summed E-state index contributed by atoms with van der Waals surface area (Å²) >= 11 is 0. The van der Waals surface area contributed by atoms with Crippen molar-refractivity contribution < 1.29 is 50.5 Å². The number of carbonyl (C=O) groups is 2. The van der Waals surface area contributed by atoms with E-state index in [2.05, 4.69) is 4.74 Å². The van der Waals surface area contributed by atoms with E-state index < -0.39 is 55.9 Å². The fourth-order valence-electron chi connectivity index (χ4n) is 1.01. The van der Waals surface area contributed by atoms with Gasteiger partial charge >= 0.3 is 16.0 Å². The molecule has 0 amide bonds. The minimum absolute atomic E-state index is 0.661. The van der Waals surface area contributed by atoms with E-state index in [1.54, 1.807) is 0 Å². The number of carbonyl (C=O) groups excluding carboxylic acids is 1. The van der Waals surface area contributed by atoms with E-state index in [4.69, 9.17) is 19.3 Å². The van der Waals surface area contributed by atoms with Gasteiger partial charge in [0.1, 0.15) is 6.61 Å². The van der Waals surface area contributed by atoms with Crippen LogP contribution in [0.5, 0.6) is 0 Å². The monoisotopic (exact) mass is 322 g/mol. The molecular weight excluding hydrogens is 312 g/mol. The second kappa shape index (κ2) is 5.79. The highest BCUT2D eigenvalue weighted by atomic mass is 32.3. The Morgan fingerprint density at radius 3 is 1.74 bits per heavy atom. The smallest absolute Gasteiger partial charge is 0.346 e. The number of esters is 1. The zero-order valence-corrected chi connectivity index (χ0v) is 10.7. The molecule has 0 spiro atoms. The zero-order chi connectivity index (χ0) is 15.5. The number of ether oxygens (including phenoxy) is 1. The molecule has 112 valence electrons. The molecule has 11 nitrogen and oxygen atoms in total. The van der Waals surface area contributed by atoms with Crippen molar-refractivity contribution in [1.82, 2.24) is 0 Å². The quantitative estimate of drug-likeness (QED) is 0.285. The van der Waals surface area contributed by atoms with Crippen LogP contribution >= 0.6 is 0 Å². The molecule has 0 aromatic carbocycles. The van der Waals surface area contributed by atoms with Crippen LogP contribution in [0.25, 0.3) is 0 Å². The van der Waals surface area contributed by atoms with Crippen LogP contribution in [0.15, 0.2) is 0 Å². The molecule has 0 rings (SSSR count). The van der Waals surface area contributed by atoms with Crippen molar-refractivity contribution in [3.63, 3.8) is 0 Å². The highest BCUT2D eigenvalue weighted by Crippen LogP contribution is 2.28. The highest BCUT2D eigenvalue weighted by molar-refractivity contribution is 8.06. The third-order valence-corrected chi connectivity index (χ3v) is 5.46. The minimum atomic E-state index is -5.90. The molecule has 0 aliphatic rings. The molecule has 13 heteroatoms. The molecule has 19 heavy (non-hydrogen) atoms. The second-order valence-corrected chi connectivity index (χ2v) is 6.68. The Bertz CT molecular complexity index is 524. The summed E-state index contributed by atoms with van der Waals surface area (Å²) < 4.78 is 61.0. The molecule has 0 aliphatic carbocycles. The van der Waals surface area contributed by atoms with Crippen LogP contribution in [0, 0.1) is 0 Å². The lowest BCUT2D eigenvalue weighted by Gasteiger charge is -2.21. The number of aliphatic hydroxyl groups excluding tert-OH is 1. The summed E-state index contributed by atoms with van der Waals surface area (Å²) in [6.07, 6.45) is -1.89. The first-order valence-electron chi connectivity index (χ1n) is 4.34. The lowest BCUT2D eigenvalue weighted by Crippen LogP contribution is -2.54. The maximum Gasteiger partial charge on any atom is 0.346 e. The van der Waals surface area contributed by atoms with Gasteiger partial charge in [0.15, 0.2) is 0 Å². The van der Waals surface area contributed by atoms with Crippen LogP contribution in [-0.2, 0) is 34.6 Å². The average Bonchev–Trinajstić information content (AvgIpc) is 2.18. The van der Waals surface area contributed by atoms with Crippen molar-refractivity contribution in [3.05, 3.63) is 0 Å². The third kappa shape index (κ3) is 3.60. The highest BCUT2D eigenvalue weighted by Gasteiger charge is 2.63. The zero-order valence-electron chi connectivity index (χ0n) is 9.08. The summed E-state index contributed by atoms with van der Waals surface area (Å²) in [6, 6.07) is 0. The molecular formula is C6H10O11S2. The van der Waals surface area contributed by atoms with E-state index in [-0.39, 0.29) is 0 Å². The first-order chi connectivity index (χ1) is 8.40. The van der Waals surface area contributed by atoms with Crippen LogP contribution in [-0.4, -0.2) is 65.4 Å². The van der Waals surface area contributed by atoms with Gasteiger partial charge in [0.25, 0.3) is 20.2 Å². The number of aliphatic hydroxyl groups is 1. The van der Waals surface area contributed by atoms with Gasteiger partial charge in [0.2, 0.25) is 0 Å².